The van der Waals surface area contributed by atoms with Gasteiger partial charge in [-0.3, -0.25) is 14.5 Å². The van der Waals surface area contributed by atoms with Gasteiger partial charge in [-0.1, -0.05) is 37.3 Å². The average molecular weight is 260 g/mol. The van der Waals surface area contributed by atoms with Gasteiger partial charge in [-0.15, -0.1) is 0 Å². The second kappa shape index (κ2) is 5.97. The van der Waals surface area contributed by atoms with E-state index in [1.165, 1.54) is 0 Å². The third-order valence-electron chi connectivity index (χ3n) is 3.69. The van der Waals surface area contributed by atoms with Crippen molar-refractivity contribution in [3.05, 3.63) is 35.9 Å². The Kier molecular flexibility index (Phi) is 4.32. The SMILES string of the molecule is CCC1C(=O)NCCN1C(C)C(=O)c1ccccc1. The molecule has 4 heteroatoms. The van der Waals surface area contributed by atoms with Crippen molar-refractivity contribution in [1.82, 2.24) is 10.2 Å². The summed E-state index contributed by atoms with van der Waals surface area (Å²) in [6.07, 6.45) is 0.720. The van der Waals surface area contributed by atoms with Crippen LogP contribution in [0.4, 0.5) is 0 Å². The quantitative estimate of drug-likeness (QED) is 0.834. The maximum atomic E-state index is 12.4. The van der Waals surface area contributed by atoms with E-state index in [2.05, 4.69) is 5.32 Å². The summed E-state index contributed by atoms with van der Waals surface area (Å²) >= 11 is 0. The number of nitrogens with zero attached hydrogens (tertiary/aromatic N) is 1. The molecule has 19 heavy (non-hydrogen) atoms. The molecular formula is C15H20N2O2. The molecule has 0 spiro atoms. The number of ketones is 1. The highest BCUT2D eigenvalue weighted by Gasteiger charge is 2.34. The lowest BCUT2D eigenvalue weighted by atomic mass is 10.0. The highest BCUT2D eigenvalue weighted by Crippen LogP contribution is 2.16. The first-order valence-corrected chi connectivity index (χ1v) is 6.78. The monoisotopic (exact) mass is 260 g/mol. The third kappa shape index (κ3) is 2.84. The summed E-state index contributed by atoms with van der Waals surface area (Å²) in [6.45, 7) is 5.20. The number of benzene rings is 1. The summed E-state index contributed by atoms with van der Waals surface area (Å²) in [7, 11) is 0. The molecule has 1 aromatic carbocycles. The van der Waals surface area contributed by atoms with Gasteiger partial charge in [0.15, 0.2) is 5.78 Å². The normalized spacial score (nSPS) is 21.8. The molecule has 1 amide bonds. The summed E-state index contributed by atoms with van der Waals surface area (Å²) in [6, 6.07) is 8.80. The second-order valence-corrected chi connectivity index (χ2v) is 4.86. The minimum atomic E-state index is -0.265. The van der Waals surface area contributed by atoms with E-state index in [0.717, 1.165) is 13.0 Å². The zero-order chi connectivity index (χ0) is 13.8. The standard InChI is InChI=1S/C15H20N2O2/c1-3-13-15(19)16-9-10-17(13)11(2)14(18)12-7-5-4-6-8-12/h4-8,11,13H,3,9-10H2,1-2H3,(H,16,19). The van der Waals surface area contributed by atoms with Crippen molar-refractivity contribution in [3.8, 4) is 0 Å². The van der Waals surface area contributed by atoms with Crippen LogP contribution in [0.1, 0.15) is 30.6 Å². The van der Waals surface area contributed by atoms with Crippen LogP contribution in [0.15, 0.2) is 30.3 Å². The van der Waals surface area contributed by atoms with Crippen LogP contribution >= 0.6 is 0 Å². The third-order valence-corrected chi connectivity index (χ3v) is 3.69. The van der Waals surface area contributed by atoms with Crippen molar-refractivity contribution < 1.29 is 9.59 Å². The van der Waals surface area contributed by atoms with E-state index < -0.39 is 0 Å². The predicted octanol–water partition coefficient (Wildman–Crippen LogP) is 1.47. The summed E-state index contributed by atoms with van der Waals surface area (Å²) in [5.41, 5.74) is 0.704. The number of nitrogens with one attached hydrogen (secondary N) is 1. The van der Waals surface area contributed by atoms with Crippen LogP contribution in [0, 0.1) is 0 Å². The fourth-order valence-corrected chi connectivity index (χ4v) is 2.61. The van der Waals surface area contributed by atoms with Gasteiger partial charge in [0.1, 0.15) is 0 Å². The lowest BCUT2D eigenvalue weighted by Gasteiger charge is -2.38. The minimum absolute atomic E-state index is 0.0291. The summed E-state index contributed by atoms with van der Waals surface area (Å²) < 4.78 is 0. The van der Waals surface area contributed by atoms with Gasteiger partial charge in [0, 0.05) is 18.7 Å². The van der Waals surface area contributed by atoms with Crippen molar-refractivity contribution in [2.24, 2.45) is 0 Å². The van der Waals surface area contributed by atoms with Gasteiger partial charge in [-0.2, -0.15) is 0 Å². The summed E-state index contributed by atoms with van der Waals surface area (Å²) in [5.74, 6) is 0.107. The molecule has 2 unspecified atom stereocenters. The number of Topliss-reactive ketones (excluding diaryl/α,β-unsaturated/α-hetero) is 1. The summed E-state index contributed by atoms with van der Waals surface area (Å²) in [5, 5.41) is 2.85. The Labute approximate surface area is 113 Å². The molecule has 1 fully saturated rings. The first-order valence-electron chi connectivity index (χ1n) is 6.78. The maximum absolute atomic E-state index is 12.4. The molecule has 0 bridgehead atoms. The van der Waals surface area contributed by atoms with Crippen LogP contribution in [0.5, 0.6) is 0 Å². The molecule has 0 saturated carbocycles. The van der Waals surface area contributed by atoms with E-state index >= 15 is 0 Å². The van der Waals surface area contributed by atoms with Crippen molar-refractivity contribution in [1.29, 1.82) is 0 Å². The van der Waals surface area contributed by atoms with E-state index in [9.17, 15) is 9.59 Å². The lowest BCUT2D eigenvalue weighted by Crippen LogP contribution is -2.59. The molecule has 0 radical (unpaired) electrons. The number of hydrogen-bond acceptors (Lipinski definition) is 3. The number of rotatable bonds is 4. The van der Waals surface area contributed by atoms with Crippen LogP contribution in [0.2, 0.25) is 0 Å². The van der Waals surface area contributed by atoms with Crippen LogP contribution < -0.4 is 5.32 Å². The predicted molar refractivity (Wildman–Crippen MR) is 74.0 cm³/mol. The Morgan fingerprint density at radius 3 is 2.74 bits per heavy atom. The van der Waals surface area contributed by atoms with Crippen molar-refractivity contribution in [2.45, 2.75) is 32.4 Å². The zero-order valence-corrected chi connectivity index (χ0v) is 11.4. The molecule has 1 aromatic rings. The van der Waals surface area contributed by atoms with E-state index in [1.54, 1.807) is 0 Å². The minimum Gasteiger partial charge on any atom is -0.353 e. The van der Waals surface area contributed by atoms with Crippen LogP contribution in [0.25, 0.3) is 0 Å². The smallest absolute Gasteiger partial charge is 0.237 e. The molecule has 102 valence electrons. The molecule has 0 aliphatic carbocycles. The van der Waals surface area contributed by atoms with E-state index in [-0.39, 0.29) is 23.8 Å². The Hall–Kier alpha value is -1.68. The highest BCUT2D eigenvalue weighted by molar-refractivity contribution is 6.00. The Morgan fingerprint density at radius 1 is 1.42 bits per heavy atom. The maximum Gasteiger partial charge on any atom is 0.237 e. The van der Waals surface area contributed by atoms with Crippen molar-refractivity contribution >= 4 is 11.7 Å². The zero-order valence-electron chi connectivity index (χ0n) is 11.4. The molecule has 1 heterocycles. The largest absolute Gasteiger partial charge is 0.353 e. The fraction of sp³-hybridized carbons (Fsp3) is 0.467. The first-order chi connectivity index (χ1) is 9.15. The summed E-state index contributed by atoms with van der Waals surface area (Å²) in [4.78, 5) is 26.3. The van der Waals surface area contributed by atoms with Gasteiger partial charge >= 0.3 is 0 Å². The Morgan fingerprint density at radius 2 is 2.11 bits per heavy atom. The molecule has 1 N–H and O–H groups in total. The molecule has 0 aromatic heterocycles. The van der Waals surface area contributed by atoms with Gasteiger partial charge in [-0.25, -0.2) is 0 Å². The lowest BCUT2D eigenvalue weighted by molar-refractivity contribution is -0.129. The van der Waals surface area contributed by atoms with E-state index in [4.69, 9.17) is 0 Å². The van der Waals surface area contributed by atoms with Crippen LogP contribution in [0.3, 0.4) is 0 Å². The molecule has 2 rings (SSSR count). The second-order valence-electron chi connectivity index (χ2n) is 4.86. The van der Waals surface area contributed by atoms with Crippen molar-refractivity contribution in [3.63, 3.8) is 0 Å². The number of carbonyl (C=O) groups excluding carboxylic acids is 2. The van der Waals surface area contributed by atoms with Gasteiger partial charge < -0.3 is 5.32 Å². The topological polar surface area (TPSA) is 49.4 Å². The van der Waals surface area contributed by atoms with Gasteiger partial charge in [0.2, 0.25) is 5.91 Å². The number of piperazine rings is 1. The van der Waals surface area contributed by atoms with E-state index in [0.29, 0.717) is 12.1 Å². The molecule has 1 saturated heterocycles. The van der Waals surface area contributed by atoms with Crippen molar-refractivity contribution in [2.75, 3.05) is 13.1 Å². The van der Waals surface area contributed by atoms with Gasteiger partial charge in [0.05, 0.1) is 12.1 Å². The fourth-order valence-electron chi connectivity index (χ4n) is 2.61. The molecule has 1 aliphatic heterocycles. The molecule has 2 atom stereocenters. The Bertz CT molecular complexity index is 458. The number of amides is 1. The van der Waals surface area contributed by atoms with Crippen LogP contribution in [-0.2, 0) is 4.79 Å². The van der Waals surface area contributed by atoms with E-state index in [1.807, 2.05) is 49.1 Å². The number of carbonyl (C=O) groups is 2. The highest BCUT2D eigenvalue weighted by atomic mass is 16.2. The Balaban J connectivity index is 2.16. The first kappa shape index (κ1) is 13.7. The van der Waals surface area contributed by atoms with Crippen LogP contribution in [-0.4, -0.2) is 41.8 Å². The number of hydrogen-bond donors (Lipinski definition) is 1. The van der Waals surface area contributed by atoms with Gasteiger partial charge in [-0.05, 0) is 13.3 Å². The molecular weight excluding hydrogens is 240 g/mol. The van der Waals surface area contributed by atoms with Gasteiger partial charge in [0.25, 0.3) is 0 Å². The molecule has 4 nitrogen and oxygen atoms in total. The average Bonchev–Trinajstić information content (AvgIpc) is 2.46. The molecule has 1 aliphatic rings.